The summed E-state index contributed by atoms with van der Waals surface area (Å²) in [5.41, 5.74) is 6.66. The first-order valence-electron chi connectivity index (χ1n) is 13.2. The van der Waals surface area contributed by atoms with E-state index in [1.165, 1.54) is 4.90 Å². The molecule has 0 saturated carbocycles. The van der Waals surface area contributed by atoms with Crippen LogP contribution in [0.4, 0.5) is 9.59 Å². The van der Waals surface area contributed by atoms with Gasteiger partial charge in [0.2, 0.25) is 0 Å². The zero-order valence-electron chi connectivity index (χ0n) is 23.2. The first-order chi connectivity index (χ1) is 19.0. The Morgan fingerprint density at radius 3 is 2.20 bits per heavy atom. The van der Waals surface area contributed by atoms with Crippen molar-refractivity contribution in [1.29, 1.82) is 0 Å². The molecule has 1 aliphatic heterocycles. The minimum absolute atomic E-state index is 0.0324. The molecule has 0 aromatic heterocycles. The first-order valence-corrected chi connectivity index (χ1v) is 13.2. The number of nitrogens with zero attached hydrogens (tertiary/aromatic N) is 2. The van der Waals surface area contributed by atoms with Crippen molar-refractivity contribution < 1.29 is 33.4 Å². The fourth-order valence-corrected chi connectivity index (χ4v) is 4.16. The molecule has 0 radical (unpaired) electrons. The highest BCUT2D eigenvalue weighted by molar-refractivity contribution is 5.86. The van der Waals surface area contributed by atoms with Crippen LogP contribution < -0.4 is 11.1 Å². The minimum atomic E-state index is -1.41. The molecule has 1 aliphatic rings. The summed E-state index contributed by atoms with van der Waals surface area (Å²) in [7, 11) is 0. The molecule has 0 spiro atoms. The van der Waals surface area contributed by atoms with Crippen LogP contribution in [0.2, 0.25) is 0 Å². The number of benzene rings is 2. The van der Waals surface area contributed by atoms with E-state index in [1.807, 2.05) is 36.4 Å². The largest absolute Gasteiger partial charge is 0.460 e. The molecule has 3 amide bonds. The molecule has 1 saturated heterocycles. The van der Waals surface area contributed by atoms with Crippen molar-refractivity contribution in [2.24, 2.45) is 5.73 Å². The SMILES string of the molecule is CC(C)(C)OC(=O)C[C@H](NC(=O)OCc1ccccc1)C(=O)OC1CN(CCc2ccccc2)CCN1C(N)=O. The minimum Gasteiger partial charge on any atom is -0.460 e. The Hall–Kier alpha value is -4.12. The zero-order chi connectivity index (χ0) is 29.1. The molecule has 216 valence electrons. The summed E-state index contributed by atoms with van der Waals surface area (Å²) >= 11 is 0. The lowest BCUT2D eigenvalue weighted by atomic mass is 10.1. The van der Waals surface area contributed by atoms with Gasteiger partial charge < -0.3 is 25.3 Å². The van der Waals surface area contributed by atoms with Gasteiger partial charge in [-0.3, -0.25) is 14.6 Å². The second-order valence-electron chi connectivity index (χ2n) is 10.5. The molecule has 1 heterocycles. The molecule has 3 rings (SSSR count). The van der Waals surface area contributed by atoms with E-state index in [0.717, 1.165) is 17.5 Å². The molecule has 11 heteroatoms. The lowest BCUT2D eigenvalue weighted by Gasteiger charge is -2.40. The Balaban J connectivity index is 1.67. The third kappa shape index (κ3) is 10.2. The van der Waals surface area contributed by atoms with Crippen LogP contribution in [0, 0.1) is 0 Å². The molecular weight excluding hydrogens is 516 g/mol. The topological polar surface area (TPSA) is 140 Å². The average molecular weight is 555 g/mol. The fourth-order valence-electron chi connectivity index (χ4n) is 4.16. The summed E-state index contributed by atoms with van der Waals surface area (Å²) in [5, 5.41) is 2.41. The third-order valence-electron chi connectivity index (χ3n) is 6.09. The summed E-state index contributed by atoms with van der Waals surface area (Å²) in [6, 6.07) is 16.8. The number of amides is 3. The maximum absolute atomic E-state index is 13.3. The van der Waals surface area contributed by atoms with Crippen molar-refractivity contribution in [3.63, 3.8) is 0 Å². The number of carbonyl (C=O) groups excluding carboxylic acids is 4. The maximum Gasteiger partial charge on any atom is 0.408 e. The second kappa shape index (κ2) is 14.3. The summed E-state index contributed by atoms with van der Waals surface area (Å²) in [6.07, 6.45) is -1.63. The molecule has 2 aromatic rings. The van der Waals surface area contributed by atoms with Gasteiger partial charge in [-0.25, -0.2) is 14.4 Å². The van der Waals surface area contributed by atoms with Crippen molar-refractivity contribution in [3.8, 4) is 0 Å². The Labute approximate surface area is 234 Å². The van der Waals surface area contributed by atoms with E-state index in [0.29, 0.717) is 13.1 Å². The first kappa shape index (κ1) is 30.4. The number of ether oxygens (including phenoxy) is 3. The summed E-state index contributed by atoms with van der Waals surface area (Å²) in [5.74, 6) is -1.62. The molecule has 0 aliphatic carbocycles. The van der Waals surface area contributed by atoms with E-state index in [1.54, 1.807) is 45.0 Å². The van der Waals surface area contributed by atoms with Crippen LogP contribution in [-0.2, 0) is 36.8 Å². The molecule has 2 aromatic carbocycles. The predicted octanol–water partition coefficient (Wildman–Crippen LogP) is 2.82. The van der Waals surface area contributed by atoms with Gasteiger partial charge in [0, 0.05) is 19.6 Å². The van der Waals surface area contributed by atoms with Gasteiger partial charge in [0.1, 0.15) is 18.2 Å². The van der Waals surface area contributed by atoms with Crippen LogP contribution in [0.25, 0.3) is 0 Å². The number of piperazine rings is 1. The average Bonchev–Trinajstić information content (AvgIpc) is 2.90. The molecule has 2 atom stereocenters. The number of rotatable bonds is 10. The molecule has 0 bridgehead atoms. The van der Waals surface area contributed by atoms with Gasteiger partial charge in [-0.15, -0.1) is 0 Å². The van der Waals surface area contributed by atoms with Crippen LogP contribution >= 0.6 is 0 Å². The van der Waals surface area contributed by atoms with Crippen LogP contribution in [0.3, 0.4) is 0 Å². The lowest BCUT2D eigenvalue weighted by molar-refractivity contribution is -0.168. The zero-order valence-corrected chi connectivity index (χ0v) is 23.2. The number of carbonyl (C=O) groups is 4. The van der Waals surface area contributed by atoms with Crippen molar-refractivity contribution in [2.45, 2.75) is 58.1 Å². The number of esters is 2. The summed E-state index contributed by atoms with van der Waals surface area (Å²) in [6.45, 7) is 6.74. The van der Waals surface area contributed by atoms with Gasteiger partial charge in [-0.05, 0) is 38.3 Å². The van der Waals surface area contributed by atoms with Crippen molar-refractivity contribution in [3.05, 3.63) is 71.8 Å². The van der Waals surface area contributed by atoms with Crippen LogP contribution in [0.15, 0.2) is 60.7 Å². The molecule has 1 unspecified atom stereocenters. The molecular formula is C29H38N4O7. The van der Waals surface area contributed by atoms with Crippen LogP contribution in [-0.4, -0.2) is 77.9 Å². The Morgan fingerprint density at radius 2 is 1.60 bits per heavy atom. The molecule has 40 heavy (non-hydrogen) atoms. The van der Waals surface area contributed by atoms with E-state index in [-0.39, 0.29) is 19.7 Å². The van der Waals surface area contributed by atoms with E-state index in [9.17, 15) is 19.2 Å². The predicted molar refractivity (Wildman–Crippen MR) is 147 cm³/mol. The Morgan fingerprint density at radius 1 is 0.975 bits per heavy atom. The van der Waals surface area contributed by atoms with Gasteiger partial charge in [0.05, 0.1) is 13.0 Å². The van der Waals surface area contributed by atoms with Crippen LogP contribution in [0.5, 0.6) is 0 Å². The Kier molecular flexibility index (Phi) is 10.9. The molecule has 1 fully saturated rings. The van der Waals surface area contributed by atoms with Crippen molar-refractivity contribution in [1.82, 2.24) is 15.1 Å². The van der Waals surface area contributed by atoms with Gasteiger partial charge >= 0.3 is 24.1 Å². The summed E-state index contributed by atoms with van der Waals surface area (Å²) < 4.78 is 16.2. The Bertz CT molecular complexity index is 1140. The smallest absolute Gasteiger partial charge is 0.408 e. The highest BCUT2D eigenvalue weighted by Gasteiger charge is 2.36. The van der Waals surface area contributed by atoms with Crippen molar-refractivity contribution in [2.75, 3.05) is 26.2 Å². The quantitative estimate of drug-likeness (QED) is 0.338. The third-order valence-corrected chi connectivity index (χ3v) is 6.09. The number of hydrogen-bond acceptors (Lipinski definition) is 8. The number of hydrogen-bond donors (Lipinski definition) is 2. The van der Waals surface area contributed by atoms with E-state index >= 15 is 0 Å². The monoisotopic (exact) mass is 554 g/mol. The number of alkyl carbamates (subject to hydrolysis) is 1. The number of nitrogens with one attached hydrogen (secondary N) is 1. The normalized spacial score (nSPS) is 16.5. The highest BCUT2D eigenvalue weighted by Crippen LogP contribution is 2.16. The van der Waals surface area contributed by atoms with E-state index in [2.05, 4.69) is 10.2 Å². The lowest BCUT2D eigenvalue weighted by Crippen LogP contribution is -2.59. The molecule has 11 nitrogen and oxygen atoms in total. The fraction of sp³-hybridized carbons (Fsp3) is 0.448. The van der Waals surface area contributed by atoms with Crippen LogP contribution in [0.1, 0.15) is 38.3 Å². The number of nitrogens with two attached hydrogens (primary N) is 1. The summed E-state index contributed by atoms with van der Waals surface area (Å²) in [4.78, 5) is 53.8. The van der Waals surface area contributed by atoms with Gasteiger partial charge in [-0.2, -0.15) is 0 Å². The van der Waals surface area contributed by atoms with E-state index in [4.69, 9.17) is 19.9 Å². The standard InChI is InChI=1S/C29H38N4O7/c1-29(2,3)40-25(34)18-23(31-28(37)38-20-22-12-8-5-9-13-22)26(35)39-24-19-32(16-17-33(24)27(30)36)15-14-21-10-6-4-7-11-21/h4-13,23-24H,14-20H2,1-3H3,(H2,30,36)(H,31,37)/t23-,24?/m0/s1. The maximum atomic E-state index is 13.3. The molecule has 3 N–H and O–H groups in total. The highest BCUT2D eigenvalue weighted by atomic mass is 16.6. The number of urea groups is 1. The van der Waals surface area contributed by atoms with E-state index < -0.39 is 48.4 Å². The van der Waals surface area contributed by atoms with Crippen molar-refractivity contribution >= 4 is 24.1 Å². The number of primary amides is 1. The second-order valence-corrected chi connectivity index (χ2v) is 10.5. The van der Waals surface area contributed by atoms with Gasteiger partial charge in [0.25, 0.3) is 0 Å². The van der Waals surface area contributed by atoms with Gasteiger partial charge in [-0.1, -0.05) is 60.7 Å². The van der Waals surface area contributed by atoms with Gasteiger partial charge in [0.15, 0.2) is 6.23 Å².